The van der Waals surface area contributed by atoms with E-state index < -0.39 is 0 Å². The van der Waals surface area contributed by atoms with Crippen LogP contribution in [0.4, 0.5) is 0 Å². The molecule has 0 saturated carbocycles. The van der Waals surface area contributed by atoms with Crippen LogP contribution < -0.4 is 0 Å². The summed E-state index contributed by atoms with van der Waals surface area (Å²) in [5, 5.41) is 0. The van der Waals surface area contributed by atoms with E-state index in [1.165, 1.54) is 16.7 Å². The van der Waals surface area contributed by atoms with E-state index >= 15 is 0 Å². The second kappa shape index (κ2) is 3.70. The van der Waals surface area contributed by atoms with Crippen molar-refractivity contribution < 1.29 is 26.2 Å². The van der Waals surface area contributed by atoms with Crippen molar-refractivity contribution in [2.24, 2.45) is 0 Å². The third-order valence-corrected chi connectivity index (χ3v) is 2.30. The maximum absolute atomic E-state index is 2.25. The van der Waals surface area contributed by atoms with E-state index in [9.17, 15) is 0 Å². The van der Waals surface area contributed by atoms with Crippen molar-refractivity contribution in [3.8, 4) is 0 Å². The summed E-state index contributed by atoms with van der Waals surface area (Å²) < 4.78 is 0. The van der Waals surface area contributed by atoms with E-state index in [4.69, 9.17) is 0 Å². The quantitative estimate of drug-likeness (QED) is 0.648. The molecular weight excluding hydrogens is 223 g/mol. The van der Waals surface area contributed by atoms with Crippen LogP contribution in [0.2, 0.25) is 0 Å². The van der Waals surface area contributed by atoms with Gasteiger partial charge in [0.2, 0.25) is 0 Å². The zero-order valence-electron chi connectivity index (χ0n) is 7.46. The summed E-state index contributed by atoms with van der Waals surface area (Å²) in [7, 11) is 0. The molecule has 0 aromatic heterocycles. The van der Waals surface area contributed by atoms with Gasteiger partial charge < -0.3 is 0 Å². The number of allylic oxidation sites excluding steroid dienone is 1. The molecule has 60 valence electrons. The molecule has 0 N–H and O–H groups in total. The minimum atomic E-state index is 0. The van der Waals surface area contributed by atoms with Gasteiger partial charge in [-0.1, -0.05) is 42.8 Å². The van der Waals surface area contributed by atoms with Crippen LogP contribution in [-0.4, -0.2) is 0 Å². The Morgan fingerprint density at radius 1 is 1.25 bits per heavy atom. The van der Waals surface area contributed by atoms with Gasteiger partial charge in [-0.05, 0) is 24.0 Å². The summed E-state index contributed by atoms with van der Waals surface area (Å²) >= 11 is 0. The third kappa shape index (κ3) is 1.61. The second-order valence-electron chi connectivity index (χ2n) is 3.28. The molecule has 0 heterocycles. The molecule has 0 bridgehead atoms. The maximum atomic E-state index is 2.25. The van der Waals surface area contributed by atoms with Crippen molar-refractivity contribution in [2.75, 3.05) is 0 Å². The van der Waals surface area contributed by atoms with Gasteiger partial charge in [0.15, 0.2) is 0 Å². The molecule has 0 fully saturated rings. The van der Waals surface area contributed by atoms with Crippen LogP contribution in [0.3, 0.4) is 0 Å². The van der Waals surface area contributed by atoms with E-state index in [-0.39, 0.29) is 26.2 Å². The Bertz CT molecular complexity index is 313. The van der Waals surface area contributed by atoms with Gasteiger partial charge in [-0.25, -0.2) is 0 Å². The van der Waals surface area contributed by atoms with E-state index in [0.29, 0.717) is 5.92 Å². The van der Waals surface area contributed by atoms with Crippen LogP contribution >= 0.6 is 0 Å². The minimum absolute atomic E-state index is 0. The Morgan fingerprint density at radius 2 is 2.00 bits per heavy atom. The second-order valence-corrected chi connectivity index (χ2v) is 3.28. The molecule has 1 heteroatoms. The van der Waals surface area contributed by atoms with Crippen LogP contribution in [0.15, 0.2) is 24.3 Å². The molecule has 1 aliphatic rings. The SMILES string of the molecule is Cc1ccc2c(c1)C=CC2C.[Zr]. The van der Waals surface area contributed by atoms with Gasteiger partial charge in [0.05, 0.1) is 0 Å². The number of hydrogen-bond acceptors (Lipinski definition) is 0. The number of aryl methyl sites for hydroxylation is 1. The van der Waals surface area contributed by atoms with Crippen molar-refractivity contribution >= 4 is 6.08 Å². The Hall–Kier alpha value is -0.157. The predicted octanol–water partition coefficient (Wildman–Crippen LogP) is 3.12. The first-order valence-electron chi connectivity index (χ1n) is 4.06. The van der Waals surface area contributed by atoms with Gasteiger partial charge in [-0.2, -0.15) is 0 Å². The molecule has 1 aromatic carbocycles. The maximum Gasteiger partial charge on any atom is 0 e. The monoisotopic (exact) mass is 234 g/mol. The van der Waals surface area contributed by atoms with Gasteiger partial charge in [0.25, 0.3) is 0 Å². The van der Waals surface area contributed by atoms with Crippen LogP contribution in [0.25, 0.3) is 6.08 Å². The average molecular weight is 235 g/mol. The van der Waals surface area contributed by atoms with E-state index in [0.717, 1.165) is 0 Å². The first-order valence-corrected chi connectivity index (χ1v) is 4.06. The van der Waals surface area contributed by atoms with E-state index in [2.05, 4.69) is 44.2 Å². The number of hydrogen-bond donors (Lipinski definition) is 0. The predicted molar refractivity (Wildman–Crippen MR) is 48.6 cm³/mol. The van der Waals surface area contributed by atoms with Gasteiger partial charge in [0.1, 0.15) is 0 Å². The Labute approximate surface area is 92.8 Å². The molecule has 0 amide bonds. The third-order valence-electron chi connectivity index (χ3n) is 2.30. The normalized spacial score (nSPS) is 18.7. The first-order chi connectivity index (χ1) is 5.27. The van der Waals surface area contributed by atoms with Crippen molar-refractivity contribution in [2.45, 2.75) is 19.8 Å². The average Bonchev–Trinajstić information content (AvgIpc) is 2.32. The first kappa shape index (κ1) is 9.93. The fourth-order valence-corrected chi connectivity index (χ4v) is 1.60. The molecule has 0 radical (unpaired) electrons. The number of rotatable bonds is 0. The largest absolute Gasteiger partial charge is 0.0767 e. The zero-order valence-corrected chi connectivity index (χ0v) is 9.92. The molecule has 0 nitrogen and oxygen atoms in total. The van der Waals surface area contributed by atoms with Crippen LogP contribution in [-0.2, 0) is 26.2 Å². The smallest absolute Gasteiger partial charge is 0 e. The molecule has 1 aromatic rings. The van der Waals surface area contributed by atoms with Gasteiger partial charge >= 0.3 is 0 Å². The van der Waals surface area contributed by atoms with Crippen molar-refractivity contribution in [1.29, 1.82) is 0 Å². The van der Waals surface area contributed by atoms with Gasteiger partial charge in [0, 0.05) is 26.2 Å². The van der Waals surface area contributed by atoms with Crippen LogP contribution in [0.1, 0.15) is 29.5 Å². The van der Waals surface area contributed by atoms with Crippen molar-refractivity contribution in [3.63, 3.8) is 0 Å². The number of fused-ring (bicyclic) bond motifs is 1. The number of benzene rings is 1. The fourth-order valence-electron chi connectivity index (χ4n) is 1.60. The fraction of sp³-hybridized carbons (Fsp3) is 0.273. The molecular formula is C11H12Zr. The standard InChI is InChI=1S/C11H12.Zr/c1-8-3-6-11-9(2)4-5-10(11)7-8;/h3-7,9H,1-2H3;. The summed E-state index contributed by atoms with van der Waals surface area (Å²) in [6.07, 6.45) is 4.47. The van der Waals surface area contributed by atoms with E-state index in [1.54, 1.807) is 0 Å². The minimum Gasteiger partial charge on any atom is -0.0767 e. The van der Waals surface area contributed by atoms with Crippen molar-refractivity contribution in [3.05, 3.63) is 41.0 Å². The Balaban J connectivity index is 0.000000720. The van der Waals surface area contributed by atoms with Gasteiger partial charge in [-0.3, -0.25) is 0 Å². The molecule has 0 aliphatic heterocycles. The zero-order chi connectivity index (χ0) is 7.84. The molecule has 0 spiro atoms. The topological polar surface area (TPSA) is 0 Å². The molecule has 1 aliphatic carbocycles. The van der Waals surface area contributed by atoms with Crippen molar-refractivity contribution in [1.82, 2.24) is 0 Å². The Morgan fingerprint density at radius 3 is 2.75 bits per heavy atom. The molecule has 1 unspecified atom stereocenters. The summed E-state index contributed by atoms with van der Waals surface area (Å²) in [6.45, 7) is 4.37. The molecule has 0 saturated heterocycles. The van der Waals surface area contributed by atoms with Crippen LogP contribution in [0, 0.1) is 6.92 Å². The summed E-state index contributed by atoms with van der Waals surface area (Å²) in [5.41, 5.74) is 4.22. The van der Waals surface area contributed by atoms with Crippen LogP contribution in [0.5, 0.6) is 0 Å². The van der Waals surface area contributed by atoms with Gasteiger partial charge in [-0.15, -0.1) is 0 Å². The molecule has 12 heavy (non-hydrogen) atoms. The Kier molecular flexibility index (Phi) is 3.06. The molecule has 2 rings (SSSR count). The van der Waals surface area contributed by atoms with E-state index in [1.807, 2.05) is 0 Å². The summed E-state index contributed by atoms with van der Waals surface area (Å²) in [6, 6.07) is 6.66. The molecule has 1 atom stereocenters. The summed E-state index contributed by atoms with van der Waals surface area (Å²) in [4.78, 5) is 0. The summed E-state index contributed by atoms with van der Waals surface area (Å²) in [5.74, 6) is 0.616.